The average molecular weight is 393 g/mol. The van der Waals surface area contributed by atoms with Gasteiger partial charge in [0.1, 0.15) is 6.10 Å². The third kappa shape index (κ3) is 3.47. The van der Waals surface area contributed by atoms with Crippen molar-refractivity contribution in [1.29, 1.82) is 0 Å². The van der Waals surface area contributed by atoms with Gasteiger partial charge in [-0.3, -0.25) is 9.59 Å². The molecule has 3 fully saturated rings. The van der Waals surface area contributed by atoms with Crippen LogP contribution in [0, 0.1) is 29.1 Å². The molecule has 0 saturated heterocycles. The second-order valence-electron chi connectivity index (χ2n) is 10.2. The number of rotatable bonds is 3. The number of esters is 1. The van der Waals surface area contributed by atoms with Gasteiger partial charge in [-0.05, 0) is 73.3 Å². The fourth-order valence-corrected chi connectivity index (χ4v) is 7.31. The molecule has 1 aromatic carbocycles. The van der Waals surface area contributed by atoms with Gasteiger partial charge in [-0.25, -0.2) is 0 Å². The first-order valence-electron chi connectivity index (χ1n) is 11.5. The minimum atomic E-state index is -0.266. The van der Waals surface area contributed by atoms with Crippen molar-refractivity contribution >= 4 is 11.8 Å². The summed E-state index contributed by atoms with van der Waals surface area (Å²) in [6, 6.07) is 9.75. The fourth-order valence-electron chi connectivity index (χ4n) is 7.31. The molecule has 4 aliphatic rings. The standard InChI is InChI=1S/C26H32O3/c1-26-12-5-8-22(26)20-10-9-18-15-19(27)16-23(25(18)21(20)11-13-26)29-24(28)14-17-6-3-2-4-7-17/h2-4,6-7,15,20-23,25H,5,8-14,16H2,1H3/t20-,21+,22+,23?,25+,26+/m1/s1. The molecule has 4 aliphatic carbocycles. The van der Waals surface area contributed by atoms with Gasteiger partial charge in [0.2, 0.25) is 0 Å². The minimum Gasteiger partial charge on any atom is -0.461 e. The Hall–Kier alpha value is -1.90. The second-order valence-corrected chi connectivity index (χ2v) is 10.2. The molecule has 0 spiro atoms. The maximum absolute atomic E-state index is 12.7. The van der Waals surface area contributed by atoms with E-state index in [4.69, 9.17) is 4.74 Å². The van der Waals surface area contributed by atoms with Crippen molar-refractivity contribution in [2.75, 3.05) is 0 Å². The topological polar surface area (TPSA) is 43.4 Å². The van der Waals surface area contributed by atoms with Gasteiger partial charge in [-0.2, -0.15) is 0 Å². The minimum absolute atomic E-state index is 0.133. The first-order valence-corrected chi connectivity index (χ1v) is 11.5. The van der Waals surface area contributed by atoms with Crippen molar-refractivity contribution in [2.24, 2.45) is 29.1 Å². The average Bonchev–Trinajstić information content (AvgIpc) is 3.10. The molecule has 154 valence electrons. The van der Waals surface area contributed by atoms with Gasteiger partial charge in [0, 0.05) is 12.3 Å². The highest BCUT2D eigenvalue weighted by Crippen LogP contribution is 2.61. The van der Waals surface area contributed by atoms with E-state index in [0.29, 0.717) is 17.8 Å². The normalized spacial score (nSPS) is 38.4. The molecule has 5 rings (SSSR count). The van der Waals surface area contributed by atoms with Crippen molar-refractivity contribution in [2.45, 2.75) is 70.8 Å². The van der Waals surface area contributed by atoms with E-state index in [2.05, 4.69) is 6.92 Å². The lowest BCUT2D eigenvalue weighted by Crippen LogP contribution is -2.49. The van der Waals surface area contributed by atoms with E-state index in [-0.39, 0.29) is 30.2 Å². The number of ether oxygens (including phenoxy) is 1. The molecule has 3 saturated carbocycles. The first kappa shape index (κ1) is 19.1. The summed E-state index contributed by atoms with van der Waals surface area (Å²) in [7, 11) is 0. The molecule has 0 N–H and O–H groups in total. The van der Waals surface area contributed by atoms with Gasteiger partial charge in [0.25, 0.3) is 0 Å². The summed E-state index contributed by atoms with van der Waals surface area (Å²) in [5.41, 5.74) is 2.75. The van der Waals surface area contributed by atoms with E-state index in [1.807, 2.05) is 36.4 Å². The number of fused-ring (bicyclic) bond motifs is 5. The zero-order chi connectivity index (χ0) is 20.0. The maximum atomic E-state index is 12.7. The van der Waals surface area contributed by atoms with Crippen LogP contribution in [0.2, 0.25) is 0 Å². The summed E-state index contributed by atoms with van der Waals surface area (Å²) in [5.74, 6) is 2.33. The van der Waals surface area contributed by atoms with Gasteiger partial charge in [-0.15, -0.1) is 0 Å². The SMILES string of the molecule is C[C@@]12CCC[C@H]1[C@@H]1CCC3=CC(=O)CC(OC(=O)Cc4ccccc4)[C@@H]3[C@H]1CC2. The smallest absolute Gasteiger partial charge is 0.310 e. The summed E-state index contributed by atoms with van der Waals surface area (Å²) in [4.78, 5) is 25.1. The highest BCUT2D eigenvalue weighted by atomic mass is 16.5. The molecule has 1 aromatic rings. The molecule has 6 atom stereocenters. The first-order chi connectivity index (χ1) is 14.0. The Morgan fingerprint density at radius 2 is 1.93 bits per heavy atom. The van der Waals surface area contributed by atoms with E-state index in [9.17, 15) is 9.59 Å². The molecule has 3 heteroatoms. The summed E-state index contributed by atoms with van der Waals surface area (Å²) >= 11 is 0. The highest BCUT2D eigenvalue weighted by Gasteiger charge is 2.54. The Balaban J connectivity index is 1.36. The summed E-state index contributed by atoms with van der Waals surface area (Å²) < 4.78 is 6.02. The maximum Gasteiger partial charge on any atom is 0.310 e. The number of carbonyl (C=O) groups is 2. The number of benzene rings is 1. The molecule has 0 amide bonds. The number of hydrogen-bond acceptors (Lipinski definition) is 3. The zero-order valence-corrected chi connectivity index (χ0v) is 17.4. The molecule has 0 heterocycles. The molecule has 0 radical (unpaired) electrons. The molecular formula is C26H32O3. The van der Waals surface area contributed by atoms with Crippen LogP contribution in [0.4, 0.5) is 0 Å². The summed E-state index contributed by atoms with van der Waals surface area (Å²) in [6.45, 7) is 2.51. The predicted octanol–water partition coefficient (Wildman–Crippen LogP) is 5.28. The highest BCUT2D eigenvalue weighted by molar-refractivity contribution is 5.92. The third-order valence-corrected chi connectivity index (χ3v) is 8.55. The Bertz CT molecular complexity index is 826. The molecular weight excluding hydrogens is 360 g/mol. The van der Waals surface area contributed by atoms with E-state index in [1.54, 1.807) is 0 Å². The van der Waals surface area contributed by atoms with Crippen LogP contribution < -0.4 is 0 Å². The lowest BCUT2D eigenvalue weighted by molar-refractivity contribution is -0.155. The molecule has 1 unspecified atom stereocenters. The van der Waals surface area contributed by atoms with Gasteiger partial charge < -0.3 is 4.74 Å². The zero-order valence-electron chi connectivity index (χ0n) is 17.4. The van der Waals surface area contributed by atoms with Crippen molar-refractivity contribution < 1.29 is 14.3 Å². The van der Waals surface area contributed by atoms with E-state index in [1.165, 1.54) is 44.1 Å². The second kappa shape index (κ2) is 7.41. The van der Waals surface area contributed by atoms with E-state index in [0.717, 1.165) is 23.8 Å². The fraction of sp³-hybridized carbons (Fsp3) is 0.615. The van der Waals surface area contributed by atoms with Crippen molar-refractivity contribution in [3.8, 4) is 0 Å². The van der Waals surface area contributed by atoms with Crippen LogP contribution in [0.25, 0.3) is 0 Å². The molecule has 0 bridgehead atoms. The van der Waals surface area contributed by atoms with Crippen LogP contribution in [0.5, 0.6) is 0 Å². The summed E-state index contributed by atoms with van der Waals surface area (Å²) in [5, 5.41) is 0. The van der Waals surface area contributed by atoms with Gasteiger partial charge in [0.15, 0.2) is 5.78 Å². The lowest BCUT2D eigenvalue weighted by atomic mass is 9.52. The summed E-state index contributed by atoms with van der Waals surface area (Å²) in [6.07, 6.45) is 11.1. The van der Waals surface area contributed by atoms with E-state index < -0.39 is 0 Å². The van der Waals surface area contributed by atoms with E-state index >= 15 is 0 Å². The lowest BCUT2D eigenvalue weighted by Gasteiger charge is -2.53. The van der Waals surface area contributed by atoms with Crippen molar-refractivity contribution in [1.82, 2.24) is 0 Å². The van der Waals surface area contributed by atoms with Crippen LogP contribution in [0.3, 0.4) is 0 Å². The van der Waals surface area contributed by atoms with Crippen molar-refractivity contribution in [3.05, 3.63) is 47.5 Å². The van der Waals surface area contributed by atoms with Crippen LogP contribution in [-0.2, 0) is 20.7 Å². The number of hydrogen-bond donors (Lipinski definition) is 0. The monoisotopic (exact) mass is 392 g/mol. The largest absolute Gasteiger partial charge is 0.461 e. The molecule has 3 nitrogen and oxygen atoms in total. The Morgan fingerprint density at radius 1 is 1.10 bits per heavy atom. The molecule has 0 aromatic heterocycles. The third-order valence-electron chi connectivity index (χ3n) is 8.55. The predicted molar refractivity (Wildman–Crippen MR) is 112 cm³/mol. The van der Waals surface area contributed by atoms with Crippen LogP contribution in [0.15, 0.2) is 42.0 Å². The van der Waals surface area contributed by atoms with Gasteiger partial charge >= 0.3 is 5.97 Å². The molecule has 0 aliphatic heterocycles. The molecule has 29 heavy (non-hydrogen) atoms. The van der Waals surface area contributed by atoms with Crippen LogP contribution >= 0.6 is 0 Å². The quantitative estimate of drug-likeness (QED) is 0.657. The van der Waals surface area contributed by atoms with Crippen LogP contribution in [-0.4, -0.2) is 17.9 Å². The number of carbonyl (C=O) groups excluding carboxylic acids is 2. The Morgan fingerprint density at radius 3 is 2.76 bits per heavy atom. The Kier molecular flexibility index (Phi) is 4.88. The van der Waals surface area contributed by atoms with Crippen LogP contribution in [0.1, 0.15) is 63.9 Å². The van der Waals surface area contributed by atoms with Crippen molar-refractivity contribution in [3.63, 3.8) is 0 Å². The van der Waals surface area contributed by atoms with Gasteiger partial charge in [-0.1, -0.05) is 49.2 Å². The van der Waals surface area contributed by atoms with Gasteiger partial charge in [0.05, 0.1) is 6.42 Å². The number of ketones is 1. The Labute approximate surface area is 173 Å².